The monoisotopic (exact) mass is 227 g/mol. The Bertz CT molecular complexity index is 337. The van der Waals surface area contributed by atoms with E-state index in [-0.39, 0.29) is 18.6 Å². The summed E-state index contributed by atoms with van der Waals surface area (Å²) in [5, 5.41) is 9.53. The molecule has 0 aliphatic rings. The molecule has 0 saturated carbocycles. The lowest BCUT2D eigenvalue weighted by atomic mass is 10.2. The van der Waals surface area contributed by atoms with E-state index >= 15 is 0 Å². The van der Waals surface area contributed by atoms with Gasteiger partial charge in [0.05, 0.1) is 12.6 Å². The summed E-state index contributed by atoms with van der Waals surface area (Å²) in [5.74, 6) is -0.117. The van der Waals surface area contributed by atoms with E-state index < -0.39 is 0 Å². The molecule has 1 N–H and O–H groups in total. The fraction of sp³-hybridized carbons (Fsp3) is 0.364. The minimum absolute atomic E-state index is 0.0458. The zero-order valence-electron chi connectivity index (χ0n) is 8.77. The summed E-state index contributed by atoms with van der Waals surface area (Å²) in [5.41, 5.74) is 0.571. The number of benzene rings is 1. The molecule has 0 aliphatic carbocycles. The Morgan fingerprint density at radius 1 is 1.47 bits per heavy atom. The largest absolute Gasteiger partial charge is 0.394 e. The van der Waals surface area contributed by atoms with Gasteiger partial charge < -0.3 is 10.0 Å². The third-order valence-electron chi connectivity index (χ3n) is 2.34. The molecule has 0 aliphatic heterocycles. The molecule has 1 rings (SSSR count). The normalized spacial score (nSPS) is 12.3. The van der Waals surface area contributed by atoms with Crippen LogP contribution < -0.4 is 0 Å². The average molecular weight is 228 g/mol. The van der Waals surface area contributed by atoms with Crippen molar-refractivity contribution in [3.63, 3.8) is 0 Å². The van der Waals surface area contributed by atoms with Crippen LogP contribution in [0.3, 0.4) is 0 Å². The lowest BCUT2D eigenvalue weighted by Crippen LogP contribution is -2.37. The third-order valence-corrected chi connectivity index (χ3v) is 2.59. The van der Waals surface area contributed by atoms with Crippen molar-refractivity contribution >= 4 is 17.5 Å². The van der Waals surface area contributed by atoms with Gasteiger partial charge in [0.2, 0.25) is 0 Å². The van der Waals surface area contributed by atoms with Crippen LogP contribution in [0, 0.1) is 0 Å². The maximum Gasteiger partial charge on any atom is 0.253 e. The van der Waals surface area contributed by atoms with Crippen molar-refractivity contribution in [2.24, 2.45) is 0 Å². The summed E-state index contributed by atoms with van der Waals surface area (Å²) in [7, 11) is 1.66. The van der Waals surface area contributed by atoms with E-state index in [4.69, 9.17) is 16.7 Å². The number of nitrogens with zero attached hydrogens (tertiary/aromatic N) is 1. The number of carbonyl (C=O) groups is 1. The second kappa shape index (κ2) is 5.14. The molecule has 0 saturated heterocycles. The standard InChI is InChI=1S/C11H14ClNO2/c1-8(7-14)13(2)11(15)9-3-5-10(12)6-4-9/h3-6,8,14H,7H2,1-2H3. The highest BCUT2D eigenvalue weighted by atomic mass is 35.5. The van der Waals surface area contributed by atoms with E-state index in [0.717, 1.165) is 0 Å². The summed E-state index contributed by atoms with van der Waals surface area (Å²) in [6.45, 7) is 1.74. The number of hydrogen-bond donors (Lipinski definition) is 1. The highest BCUT2D eigenvalue weighted by molar-refractivity contribution is 6.30. The fourth-order valence-corrected chi connectivity index (χ4v) is 1.24. The average Bonchev–Trinajstić information content (AvgIpc) is 2.27. The van der Waals surface area contributed by atoms with Gasteiger partial charge in [-0.2, -0.15) is 0 Å². The first kappa shape index (κ1) is 12.0. The van der Waals surface area contributed by atoms with E-state index in [1.807, 2.05) is 0 Å². The lowest BCUT2D eigenvalue weighted by molar-refractivity contribution is 0.0682. The molecular weight excluding hydrogens is 214 g/mol. The van der Waals surface area contributed by atoms with Crippen molar-refractivity contribution in [2.75, 3.05) is 13.7 Å². The molecule has 1 unspecified atom stereocenters. The zero-order chi connectivity index (χ0) is 11.4. The zero-order valence-corrected chi connectivity index (χ0v) is 9.53. The highest BCUT2D eigenvalue weighted by Gasteiger charge is 2.16. The van der Waals surface area contributed by atoms with Gasteiger partial charge in [-0.25, -0.2) is 0 Å². The van der Waals surface area contributed by atoms with Crippen molar-refractivity contribution < 1.29 is 9.90 Å². The van der Waals surface area contributed by atoms with Crippen LogP contribution in [-0.4, -0.2) is 35.6 Å². The van der Waals surface area contributed by atoms with E-state index in [0.29, 0.717) is 10.6 Å². The molecule has 0 spiro atoms. The van der Waals surface area contributed by atoms with Crippen LogP contribution >= 0.6 is 11.6 Å². The summed E-state index contributed by atoms with van der Waals surface area (Å²) in [6, 6.07) is 6.50. The van der Waals surface area contributed by atoms with E-state index in [1.165, 1.54) is 4.90 Å². The minimum Gasteiger partial charge on any atom is -0.394 e. The summed E-state index contributed by atoms with van der Waals surface area (Å²) in [4.78, 5) is 13.3. The topological polar surface area (TPSA) is 40.5 Å². The minimum atomic E-state index is -0.187. The lowest BCUT2D eigenvalue weighted by Gasteiger charge is -2.23. The first-order chi connectivity index (χ1) is 7.06. The van der Waals surface area contributed by atoms with Gasteiger partial charge in [-0.1, -0.05) is 11.6 Å². The van der Waals surface area contributed by atoms with Gasteiger partial charge in [0, 0.05) is 17.6 Å². The van der Waals surface area contributed by atoms with E-state index in [1.54, 1.807) is 38.2 Å². The van der Waals surface area contributed by atoms with Crippen LogP contribution in [0.15, 0.2) is 24.3 Å². The van der Waals surface area contributed by atoms with Crippen LogP contribution in [0.4, 0.5) is 0 Å². The van der Waals surface area contributed by atoms with E-state index in [2.05, 4.69) is 0 Å². The van der Waals surface area contributed by atoms with Gasteiger partial charge in [0.1, 0.15) is 0 Å². The first-order valence-corrected chi connectivity index (χ1v) is 5.07. The van der Waals surface area contributed by atoms with Gasteiger partial charge >= 0.3 is 0 Å². The number of aliphatic hydroxyl groups is 1. The number of likely N-dealkylation sites (N-methyl/N-ethyl adjacent to an activating group) is 1. The maximum atomic E-state index is 11.8. The van der Waals surface area contributed by atoms with Gasteiger partial charge in [-0.15, -0.1) is 0 Å². The molecule has 0 radical (unpaired) electrons. The molecule has 1 atom stereocenters. The molecule has 0 fully saturated rings. The Labute approximate surface area is 94.3 Å². The van der Waals surface area contributed by atoms with Gasteiger partial charge in [-0.3, -0.25) is 4.79 Å². The Balaban J connectivity index is 2.80. The number of amides is 1. The van der Waals surface area contributed by atoms with Crippen molar-refractivity contribution in [3.8, 4) is 0 Å². The second-order valence-corrected chi connectivity index (χ2v) is 3.89. The fourth-order valence-electron chi connectivity index (χ4n) is 1.12. The number of rotatable bonds is 3. The van der Waals surface area contributed by atoms with Crippen molar-refractivity contribution in [1.82, 2.24) is 4.90 Å². The Hall–Kier alpha value is -1.06. The van der Waals surface area contributed by atoms with Gasteiger partial charge in [0.25, 0.3) is 5.91 Å². The van der Waals surface area contributed by atoms with Crippen molar-refractivity contribution in [2.45, 2.75) is 13.0 Å². The molecule has 1 amide bonds. The van der Waals surface area contributed by atoms with Gasteiger partial charge in [-0.05, 0) is 31.2 Å². The summed E-state index contributed by atoms with van der Waals surface area (Å²) < 4.78 is 0. The molecule has 3 nitrogen and oxygen atoms in total. The molecule has 4 heteroatoms. The molecule has 0 heterocycles. The molecular formula is C11H14ClNO2. The molecule has 82 valence electrons. The number of hydrogen-bond acceptors (Lipinski definition) is 2. The van der Waals surface area contributed by atoms with Crippen LogP contribution in [0.1, 0.15) is 17.3 Å². The molecule has 1 aromatic carbocycles. The summed E-state index contributed by atoms with van der Waals surface area (Å²) >= 11 is 5.72. The van der Waals surface area contributed by atoms with Crippen molar-refractivity contribution in [3.05, 3.63) is 34.9 Å². The van der Waals surface area contributed by atoms with E-state index in [9.17, 15) is 4.79 Å². The SMILES string of the molecule is CC(CO)N(C)C(=O)c1ccc(Cl)cc1. The smallest absolute Gasteiger partial charge is 0.253 e. The predicted molar refractivity (Wildman–Crippen MR) is 60.1 cm³/mol. The van der Waals surface area contributed by atoms with Crippen LogP contribution in [0.25, 0.3) is 0 Å². The molecule has 1 aromatic rings. The Morgan fingerprint density at radius 2 is 2.00 bits per heavy atom. The van der Waals surface area contributed by atoms with Gasteiger partial charge in [0.15, 0.2) is 0 Å². The number of carbonyl (C=O) groups excluding carboxylic acids is 1. The molecule has 15 heavy (non-hydrogen) atoms. The van der Waals surface area contributed by atoms with Crippen LogP contribution in [0.5, 0.6) is 0 Å². The molecule has 0 bridgehead atoms. The predicted octanol–water partition coefficient (Wildman–Crippen LogP) is 1.79. The first-order valence-electron chi connectivity index (χ1n) is 4.70. The highest BCUT2D eigenvalue weighted by Crippen LogP contribution is 2.12. The van der Waals surface area contributed by atoms with Crippen LogP contribution in [0.2, 0.25) is 5.02 Å². The van der Waals surface area contributed by atoms with Crippen molar-refractivity contribution in [1.29, 1.82) is 0 Å². The Morgan fingerprint density at radius 3 is 2.47 bits per heavy atom. The number of halogens is 1. The second-order valence-electron chi connectivity index (χ2n) is 3.45. The third kappa shape index (κ3) is 2.94. The molecule has 0 aromatic heterocycles. The number of aliphatic hydroxyl groups excluding tert-OH is 1. The summed E-state index contributed by atoms with van der Waals surface area (Å²) in [6.07, 6.45) is 0. The maximum absolute atomic E-state index is 11.8. The Kier molecular flexibility index (Phi) is 4.12. The van der Waals surface area contributed by atoms with Crippen LogP contribution in [-0.2, 0) is 0 Å². The quantitative estimate of drug-likeness (QED) is 0.856.